The fourth-order valence-corrected chi connectivity index (χ4v) is 6.66. The molecule has 0 radical (unpaired) electrons. The van der Waals surface area contributed by atoms with Gasteiger partial charge in [0, 0.05) is 0 Å². The molecule has 0 rings (SSSR count). The Balaban J connectivity index is 3.96. The van der Waals surface area contributed by atoms with Gasteiger partial charge in [-0.25, -0.2) is 0 Å². The molecule has 0 aromatic rings. The van der Waals surface area contributed by atoms with E-state index in [1.807, 2.05) is 0 Å². The summed E-state index contributed by atoms with van der Waals surface area (Å²) in [5.41, 5.74) is 0. The third kappa shape index (κ3) is 6.62. The van der Waals surface area contributed by atoms with Crippen LogP contribution in [0.2, 0.25) is 26.2 Å². The van der Waals surface area contributed by atoms with Gasteiger partial charge in [0.05, 0.1) is 5.22 Å². The Hall–Kier alpha value is 0.571. The molecule has 0 unspecified atom stereocenters. The smallest absolute Gasteiger partial charge is 0.177 e. The van der Waals surface area contributed by atoms with Crippen LogP contribution in [0.15, 0.2) is 0 Å². The van der Waals surface area contributed by atoms with E-state index in [0.717, 1.165) is 6.42 Å². The van der Waals surface area contributed by atoms with Gasteiger partial charge in [-0.05, 0) is 39.5 Å². The molecule has 0 fully saturated rings. The summed E-state index contributed by atoms with van der Waals surface area (Å²) in [5, 5.41) is 0.109. The van der Waals surface area contributed by atoms with E-state index >= 15 is 0 Å². The minimum absolute atomic E-state index is 0.109. The highest BCUT2D eigenvalue weighted by Gasteiger charge is 2.25. The van der Waals surface area contributed by atoms with Crippen LogP contribution in [-0.4, -0.2) is 33.1 Å². The van der Waals surface area contributed by atoms with Crippen molar-refractivity contribution in [2.75, 3.05) is 0 Å². The van der Waals surface area contributed by atoms with Crippen LogP contribution in [0.1, 0.15) is 20.3 Å². The molecule has 0 bridgehead atoms. The molecule has 0 aliphatic heterocycles. The molecule has 0 amide bonds. The first-order valence-electron chi connectivity index (χ1n) is 5.19. The molecule has 80 valence electrons. The molecular weight excluding hydrogens is 212 g/mol. The molecule has 0 aromatic carbocycles. The highest BCUT2D eigenvalue weighted by Crippen LogP contribution is 2.15. The van der Waals surface area contributed by atoms with Gasteiger partial charge in [0.15, 0.2) is 27.8 Å². The Kier molecular flexibility index (Phi) is 6.40. The second-order valence-electron chi connectivity index (χ2n) is 4.33. The molecule has 0 spiro atoms. The highest BCUT2D eigenvalue weighted by atomic mass is 28.3. The molecule has 0 N–H and O–H groups in total. The van der Waals surface area contributed by atoms with Crippen LogP contribution in [0.25, 0.3) is 0 Å². The Morgan fingerprint density at radius 2 is 1.69 bits per heavy atom. The quantitative estimate of drug-likeness (QED) is 0.645. The van der Waals surface area contributed by atoms with E-state index in [1.165, 1.54) is 0 Å². The van der Waals surface area contributed by atoms with Crippen LogP contribution in [0, 0.1) is 0 Å². The predicted octanol–water partition coefficient (Wildman–Crippen LogP) is 1.20. The summed E-state index contributed by atoms with van der Waals surface area (Å²) in [6.07, 6.45) is 1.10. The Bertz CT molecular complexity index is 141. The van der Waals surface area contributed by atoms with Crippen molar-refractivity contribution in [3.05, 3.63) is 0 Å². The lowest BCUT2D eigenvalue weighted by Gasteiger charge is -2.31. The molecular formula is C8H24O2Si3. The van der Waals surface area contributed by atoms with Crippen molar-refractivity contribution < 1.29 is 8.54 Å². The lowest BCUT2D eigenvalue weighted by molar-refractivity contribution is 0.158. The second kappa shape index (κ2) is 6.13. The topological polar surface area (TPSA) is 18.5 Å². The van der Waals surface area contributed by atoms with E-state index in [9.17, 15) is 0 Å². The summed E-state index contributed by atoms with van der Waals surface area (Å²) >= 11 is 0. The van der Waals surface area contributed by atoms with Crippen molar-refractivity contribution in [1.82, 2.24) is 0 Å². The Labute approximate surface area is 88.4 Å². The van der Waals surface area contributed by atoms with Gasteiger partial charge in [0.25, 0.3) is 0 Å². The summed E-state index contributed by atoms with van der Waals surface area (Å²) in [6, 6.07) is 0. The van der Waals surface area contributed by atoms with Gasteiger partial charge >= 0.3 is 0 Å². The average Bonchev–Trinajstić information content (AvgIpc) is 2.00. The maximum absolute atomic E-state index is 6.04. The zero-order chi connectivity index (χ0) is 10.5. The van der Waals surface area contributed by atoms with Crippen molar-refractivity contribution in [2.45, 2.75) is 51.7 Å². The molecule has 13 heavy (non-hydrogen) atoms. The Morgan fingerprint density at radius 3 is 2.00 bits per heavy atom. The first kappa shape index (κ1) is 13.6. The number of rotatable bonds is 6. The van der Waals surface area contributed by atoms with Crippen LogP contribution in [0.4, 0.5) is 0 Å². The molecule has 0 aromatic heterocycles. The van der Waals surface area contributed by atoms with Crippen LogP contribution in [0.5, 0.6) is 0 Å². The third-order valence-electron chi connectivity index (χ3n) is 1.99. The van der Waals surface area contributed by atoms with E-state index in [2.05, 4.69) is 40.0 Å². The molecule has 2 nitrogen and oxygen atoms in total. The summed E-state index contributed by atoms with van der Waals surface area (Å²) in [6.45, 7) is 13.4. The lowest BCUT2D eigenvalue weighted by atomic mass is 10.3. The number of hydrogen-bond acceptors (Lipinski definition) is 2. The van der Waals surface area contributed by atoms with E-state index in [-0.39, 0.29) is 5.22 Å². The van der Waals surface area contributed by atoms with Crippen LogP contribution >= 0.6 is 0 Å². The number of hydrogen-bond donors (Lipinski definition) is 0. The molecule has 5 heteroatoms. The van der Waals surface area contributed by atoms with Crippen LogP contribution in [0.3, 0.4) is 0 Å². The highest BCUT2D eigenvalue weighted by molar-refractivity contribution is 6.57. The van der Waals surface area contributed by atoms with E-state index in [0.29, 0.717) is 0 Å². The Morgan fingerprint density at radius 1 is 1.15 bits per heavy atom. The molecule has 0 heterocycles. The molecule has 1 atom stereocenters. The van der Waals surface area contributed by atoms with Crippen molar-refractivity contribution in [3.63, 3.8) is 0 Å². The predicted molar refractivity (Wildman–Crippen MR) is 67.2 cm³/mol. The van der Waals surface area contributed by atoms with Gasteiger partial charge in [-0.1, -0.05) is 6.92 Å². The lowest BCUT2D eigenvalue weighted by Crippen LogP contribution is -2.41. The third-order valence-corrected chi connectivity index (χ3v) is 7.97. The SMILES string of the molecule is CC[C@@](C)(O[SiH](C)C)[SiH2]O[SiH](C)C. The summed E-state index contributed by atoms with van der Waals surface area (Å²) in [5.74, 6) is 0. The maximum atomic E-state index is 6.04. The van der Waals surface area contributed by atoms with Crippen molar-refractivity contribution in [3.8, 4) is 0 Å². The van der Waals surface area contributed by atoms with Gasteiger partial charge in [-0.2, -0.15) is 0 Å². The first-order valence-corrected chi connectivity index (χ1v) is 12.0. The standard InChI is InChI=1S/C8H24O2Si3/c1-7-8(2,9-12(3)4)11-10-13(5)6/h12-13H,7,11H2,1-6H3/t8-/m0/s1. The summed E-state index contributed by atoms with van der Waals surface area (Å²) in [4.78, 5) is 0. The van der Waals surface area contributed by atoms with Crippen molar-refractivity contribution in [2.24, 2.45) is 0 Å². The minimum Gasteiger partial charge on any atom is -0.461 e. The fraction of sp³-hybridized carbons (Fsp3) is 1.00. The van der Waals surface area contributed by atoms with Crippen LogP contribution in [-0.2, 0) is 8.54 Å². The zero-order valence-electron chi connectivity index (χ0n) is 9.89. The fourth-order valence-electron chi connectivity index (χ4n) is 1.13. The maximum Gasteiger partial charge on any atom is 0.177 e. The van der Waals surface area contributed by atoms with E-state index < -0.39 is 27.8 Å². The molecule has 0 aliphatic rings. The molecule has 0 saturated heterocycles. The van der Waals surface area contributed by atoms with Crippen molar-refractivity contribution >= 4 is 27.8 Å². The van der Waals surface area contributed by atoms with Gasteiger partial charge < -0.3 is 8.54 Å². The minimum atomic E-state index is -0.906. The first-order chi connectivity index (χ1) is 5.89. The monoisotopic (exact) mass is 236 g/mol. The molecule has 0 saturated carbocycles. The van der Waals surface area contributed by atoms with Crippen LogP contribution < -0.4 is 0 Å². The van der Waals surface area contributed by atoms with E-state index in [4.69, 9.17) is 8.54 Å². The van der Waals surface area contributed by atoms with Crippen molar-refractivity contribution in [1.29, 1.82) is 0 Å². The van der Waals surface area contributed by atoms with E-state index in [1.54, 1.807) is 0 Å². The normalized spacial score (nSPS) is 17.5. The summed E-state index contributed by atoms with van der Waals surface area (Å²) < 4.78 is 11.9. The molecule has 0 aliphatic carbocycles. The largest absolute Gasteiger partial charge is 0.461 e. The van der Waals surface area contributed by atoms with Gasteiger partial charge in [0.1, 0.15) is 0 Å². The zero-order valence-corrected chi connectivity index (χ0v) is 13.6. The average molecular weight is 237 g/mol. The summed E-state index contributed by atoms with van der Waals surface area (Å²) in [7, 11) is -2.23. The second-order valence-corrected chi connectivity index (χ2v) is 11.9. The van der Waals surface area contributed by atoms with Gasteiger partial charge in [0.2, 0.25) is 0 Å². The van der Waals surface area contributed by atoms with Gasteiger partial charge in [-0.3, -0.25) is 0 Å². The van der Waals surface area contributed by atoms with Gasteiger partial charge in [-0.15, -0.1) is 0 Å².